The summed E-state index contributed by atoms with van der Waals surface area (Å²) < 4.78 is 1.23. The van der Waals surface area contributed by atoms with Crippen LogP contribution in [-0.2, 0) is 6.42 Å². The molecule has 0 aliphatic carbocycles. The van der Waals surface area contributed by atoms with Crippen LogP contribution in [0.4, 0.5) is 0 Å². The van der Waals surface area contributed by atoms with Crippen LogP contribution in [0.2, 0.25) is 0 Å². The van der Waals surface area contributed by atoms with Crippen LogP contribution in [0.1, 0.15) is 23.6 Å². The Balaban J connectivity index is 2.89. The first-order chi connectivity index (χ1) is 6.77. The fourth-order valence-electron chi connectivity index (χ4n) is 1.86. The largest absolute Gasteiger partial charge is 0.192 e. The first-order valence-electron chi connectivity index (χ1n) is 4.67. The van der Waals surface area contributed by atoms with E-state index in [-0.39, 0.29) is 0 Å². The second kappa shape index (κ2) is 3.43. The average Bonchev–Trinajstić information content (AvgIpc) is 2.64. The minimum Gasteiger partial charge on any atom is -0.192 e. The van der Waals surface area contributed by atoms with E-state index in [1.165, 1.54) is 15.6 Å². The monoisotopic (exact) mass is 201 g/mol. The van der Waals surface area contributed by atoms with E-state index in [2.05, 4.69) is 24.4 Å². The fraction of sp³-hybridized carbons (Fsp3) is 0.250. The van der Waals surface area contributed by atoms with Crippen molar-refractivity contribution in [1.82, 2.24) is 0 Å². The van der Waals surface area contributed by atoms with Crippen molar-refractivity contribution in [3.8, 4) is 6.07 Å². The highest BCUT2D eigenvalue weighted by atomic mass is 32.1. The van der Waals surface area contributed by atoms with Crippen LogP contribution in [-0.4, -0.2) is 0 Å². The van der Waals surface area contributed by atoms with Crippen LogP contribution in [0.5, 0.6) is 0 Å². The van der Waals surface area contributed by atoms with Crippen molar-refractivity contribution in [2.75, 3.05) is 0 Å². The van der Waals surface area contributed by atoms with E-state index in [1.807, 2.05) is 13.0 Å². The van der Waals surface area contributed by atoms with Gasteiger partial charge in [0.05, 0.1) is 11.6 Å². The van der Waals surface area contributed by atoms with Crippen molar-refractivity contribution in [3.63, 3.8) is 0 Å². The maximum absolute atomic E-state index is 8.99. The van der Waals surface area contributed by atoms with Gasteiger partial charge in [0.2, 0.25) is 0 Å². The molecule has 2 aromatic rings. The SMILES string of the molecule is CCc1c(C)c(C#N)cc2sccc12. The lowest BCUT2D eigenvalue weighted by atomic mass is 9.98. The maximum atomic E-state index is 8.99. The Morgan fingerprint density at radius 2 is 2.29 bits per heavy atom. The third kappa shape index (κ3) is 1.21. The number of aryl methyl sites for hydroxylation is 1. The molecular weight excluding hydrogens is 190 g/mol. The Morgan fingerprint density at radius 3 is 2.93 bits per heavy atom. The molecule has 1 aromatic carbocycles. The molecule has 0 aliphatic heterocycles. The number of nitrogens with zero attached hydrogens (tertiary/aromatic N) is 1. The number of rotatable bonds is 1. The van der Waals surface area contributed by atoms with Gasteiger partial charge < -0.3 is 0 Å². The van der Waals surface area contributed by atoms with Crippen LogP contribution >= 0.6 is 11.3 Å². The van der Waals surface area contributed by atoms with Crippen LogP contribution in [0.15, 0.2) is 17.5 Å². The molecular formula is C12H11NS. The molecule has 1 heterocycles. The molecule has 2 heteroatoms. The van der Waals surface area contributed by atoms with Gasteiger partial charge in [-0.3, -0.25) is 0 Å². The quantitative estimate of drug-likeness (QED) is 0.691. The zero-order valence-electron chi connectivity index (χ0n) is 8.29. The van der Waals surface area contributed by atoms with E-state index in [1.54, 1.807) is 11.3 Å². The number of benzene rings is 1. The van der Waals surface area contributed by atoms with Gasteiger partial charge in [0.25, 0.3) is 0 Å². The summed E-state index contributed by atoms with van der Waals surface area (Å²) in [6, 6.07) is 6.40. The Kier molecular flexibility index (Phi) is 2.26. The highest BCUT2D eigenvalue weighted by Crippen LogP contribution is 2.29. The van der Waals surface area contributed by atoms with Crippen molar-refractivity contribution in [2.45, 2.75) is 20.3 Å². The number of hydrogen-bond acceptors (Lipinski definition) is 2. The Morgan fingerprint density at radius 1 is 1.50 bits per heavy atom. The summed E-state index contributed by atoms with van der Waals surface area (Å²) >= 11 is 1.70. The Hall–Kier alpha value is -1.33. The van der Waals surface area contributed by atoms with Crippen LogP contribution in [0.25, 0.3) is 10.1 Å². The van der Waals surface area contributed by atoms with E-state index in [4.69, 9.17) is 5.26 Å². The van der Waals surface area contributed by atoms with Crippen molar-refractivity contribution >= 4 is 21.4 Å². The molecule has 0 bridgehead atoms. The average molecular weight is 201 g/mol. The van der Waals surface area contributed by atoms with Gasteiger partial charge in [-0.05, 0) is 47.4 Å². The van der Waals surface area contributed by atoms with Crippen LogP contribution in [0.3, 0.4) is 0 Å². The summed E-state index contributed by atoms with van der Waals surface area (Å²) in [5, 5.41) is 12.4. The van der Waals surface area contributed by atoms with E-state index in [0.29, 0.717) is 0 Å². The predicted octanol–water partition coefficient (Wildman–Crippen LogP) is 3.64. The summed E-state index contributed by atoms with van der Waals surface area (Å²) in [6.45, 7) is 4.18. The van der Waals surface area contributed by atoms with Gasteiger partial charge in [0, 0.05) is 4.70 Å². The lowest BCUT2D eigenvalue weighted by Gasteiger charge is -2.06. The summed E-state index contributed by atoms with van der Waals surface area (Å²) in [5.41, 5.74) is 3.28. The topological polar surface area (TPSA) is 23.8 Å². The smallest absolute Gasteiger partial charge is 0.0995 e. The van der Waals surface area contributed by atoms with Crippen molar-refractivity contribution < 1.29 is 0 Å². The van der Waals surface area contributed by atoms with E-state index < -0.39 is 0 Å². The lowest BCUT2D eigenvalue weighted by Crippen LogP contribution is -1.91. The molecule has 0 aliphatic rings. The lowest BCUT2D eigenvalue weighted by molar-refractivity contribution is 1.13. The van der Waals surface area contributed by atoms with E-state index in [9.17, 15) is 0 Å². The van der Waals surface area contributed by atoms with Crippen molar-refractivity contribution in [1.29, 1.82) is 5.26 Å². The van der Waals surface area contributed by atoms with Crippen LogP contribution < -0.4 is 0 Å². The van der Waals surface area contributed by atoms with Gasteiger partial charge >= 0.3 is 0 Å². The van der Waals surface area contributed by atoms with E-state index in [0.717, 1.165) is 17.5 Å². The molecule has 0 radical (unpaired) electrons. The van der Waals surface area contributed by atoms with Gasteiger partial charge in [0.15, 0.2) is 0 Å². The maximum Gasteiger partial charge on any atom is 0.0995 e. The Bertz CT molecular complexity index is 517. The fourth-order valence-corrected chi connectivity index (χ4v) is 2.71. The summed E-state index contributed by atoms with van der Waals surface area (Å²) in [5.74, 6) is 0. The number of nitriles is 1. The predicted molar refractivity (Wildman–Crippen MR) is 60.7 cm³/mol. The number of hydrogen-bond donors (Lipinski definition) is 0. The molecule has 0 amide bonds. The van der Waals surface area contributed by atoms with Gasteiger partial charge in [-0.15, -0.1) is 11.3 Å². The first-order valence-corrected chi connectivity index (χ1v) is 5.55. The molecule has 0 N–H and O–H groups in total. The summed E-state index contributed by atoms with van der Waals surface area (Å²) in [6.07, 6.45) is 0.995. The zero-order valence-corrected chi connectivity index (χ0v) is 9.11. The zero-order chi connectivity index (χ0) is 10.1. The van der Waals surface area contributed by atoms with Gasteiger partial charge in [-0.2, -0.15) is 5.26 Å². The molecule has 0 atom stereocenters. The van der Waals surface area contributed by atoms with Gasteiger partial charge in [0.1, 0.15) is 0 Å². The number of thiophene rings is 1. The molecule has 70 valence electrons. The molecule has 2 rings (SSSR count). The first kappa shape index (κ1) is 9.23. The molecule has 0 spiro atoms. The standard InChI is InChI=1S/C12H11NS/c1-3-10-8(2)9(7-13)6-12-11(10)4-5-14-12/h4-6H,3H2,1-2H3. The third-order valence-corrected chi connectivity index (χ3v) is 3.49. The molecule has 14 heavy (non-hydrogen) atoms. The molecule has 0 unspecified atom stereocenters. The third-order valence-electron chi connectivity index (χ3n) is 2.63. The van der Waals surface area contributed by atoms with E-state index >= 15 is 0 Å². The van der Waals surface area contributed by atoms with Gasteiger partial charge in [-0.25, -0.2) is 0 Å². The molecule has 0 saturated carbocycles. The number of fused-ring (bicyclic) bond motifs is 1. The minimum atomic E-state index is 0.816. The second-order valence-corrected chi connectivity index (χ2v) is 4.27. The minimum absolute atomic E-state index is 0.816. The van der Waals surface area contributed by atoms with Crippen molar-refractivity contribution in [2.24, 2.45) is 0 Å². The van der Waals surface area contributed by atoms with Gasteiger partial charge in [-0.1, -0.05) is 6.92 Å². The Labute approximate surface area is 87.6 Å². The summed E-state index contributed by atoms with van der Waals surface area (Å²) in [7, 11) is 0. The molecule has 1 nitrogen and oxygen atoms in total. The second-order valence-electron chi connectivity index (χ2n) is 3.33. The normalized spacial score (nSPS) is 10.4. The molecule has 1 aromatic heterocycles. The molecule has 0 fully saturated rings. The highest BCUT2D eigenvalue weighted by molar-refractivity contribution is 7.17. The van der Waals surface area contributed by atoms with Crippen molar-refractivity contribution in [3.05, 3.63) is 34.2 Å². The molecule has 0 saturated heterocycles. The summed E-state index contributed by atoms with van der Waals surface area (Å²) in [4.78, 5) is 0. The van der Waals surface area contributed by atoms with Crippen LogP contribution in [0, 0.1) is 18.3 Å². The highest BCUT2D eigenvalue weighted by Gasteiger charge is 2.08.